The first-order valence-corrected chi connectivity index (χ1v) is 12.4. The van der Waals surface area contributed by atoms with Gasteiger partial charge in [-0.05, 0) is 50.4 Å². The molecule has 168 valence electrons. The van der Waals surface area contributed by atoms with Crippen molar-refractivity contribution in [3.63, 3.8) is 0 Å². The van der Waals surface area contributed by atoms with E-state index in [0.29, 0.717) is 37.7 Å². The van der Waals surface area contributed by atoms with Crippen LogP contribution >= 0.6 is 0 Å². The Hall–Kier alpha value is -2.14. The average molecular weight is 448 g/mol. The molecule has 2 aliphatic heterocycles. The van der Waals surface area contributed by atoms with Gasteiger partial charge in [-0.15, -0.1) is 0 Å². The van der Waals surface area contributed by atoms with Crippen molar-refractivity contribution in [2.75, 3.05) is 39.0 Å². The molecule has 10 heteroatoms. The second-order valence-corrected chi connectivity index (χ2v) is 10.8. The van der Waals surface area contributed by atoms with Crippen LogP contribution in [0.15, 0.2) is 41.7 Å². The van der Waals surface area contributed by atoms with Crippen LogP contribution in [0.4, 0.5) is 0 Å². The van der Waals surface area contributed by atoms with Gasteiger partial charge in [-0.3, -0.25) is 14.3 Å². The smallest absolute Gasteiger partial charge is 0.253 e. The number of aromatic nitrogens is 3. The molecule has 2 aliphatic rings. The Bertz CT molecular complexity index is 1070. The van der Waals surface area contributed by atoms with E-state index in [9.17, 15) is 18.3 Å². The molecule has 0 aromatic carbocycles. The van der Waals surface area contributed by atoms with Gasteiger partial charge in [-0.2, -0.15) is 4.31 Å². The topological polar surface area (TPSA) is 109 Å². The summed E-state index contributed by atoms with van der Waals surface area (Å²) >= 11 is 0. The summed E-state index contributed by atoms with van der Waals surface area (Å²) in [6.07, 6.45) is 8.47. The van der Waals surface area contributed by atoms with Crippen molar-refractivity contribution < 1.29 is 13.5 Å². The number of hydrogen-bond acceptors (Lipinski definition) is 7. The fourth-order valence-corrected chi connectivity index (χ4v) is 5.39. The van der Waals surface area contributed by atoms with Gasteiger partial charge < -0.3 is 10.0 Å². The van der Waals surface area contributed by atoms with Crippen molar-refractivity contribution in [3.8, 4) is 11.3 Å². The molecule has 0 radical (unpaired) electrons. The van der Waals surface area contributed by atoms with Crippen LogP contribution in [-0.2, 0) is 16.6 Å². The number of pyridine rings is 1. The van der Waals surface area contributed by atoms with Crippen LogP contribution in [0.3, 0.4) is 0 Å². The monoisotopic (exact) mass is 447 g/mol. The van der Waals surface area contributed by atoms with Crippen molar-refractivity contribution in [1.82, 2.24) is 23.7 Å². The summed E-state index contributed by atoms with van der Waals surface area (Å²) in [4.78, 5) is 23.2. The number of likely N-dealkylation sites (tertiary alicyclic amines) is 1. The molecule has 2 aromatic heterocycles. The lowest BCUT2D eigenvalue weighted by Gasteiger charge is -2.36. The highest BCUT2D eigenvalue weighted by Crippen LogP contribution is 2.27. The van der Waals surface area contributed by atoms with E-state index in [1.165, 1.54) is 10.6 Å². The molecule has 1 N–H and O–H groups in total. The highest BCUT2D eigenvalue weighted by atomic mass is 32.2. The third kappa shape index (κ3) is 5.38. The predicted molar refractivity (Wildman–Crippen MR) is 117 cm³/mol. The molecule has 9 nitrogen and oxygen atoms in total. The highest BCUT2D eigenvalue weighted by Gasteiger charge is 2.41. The molecule has 4 rings (SSSR count). The van der Waals surface area contributed by atoms with E-state index in [1.54, 1.807) is 29.4 Å². The van der Waals surface area contributed by atoms with Crippen LogP contribution in [0.1, 0.15) is 19.3 Å². The Labute approximate surface area is 182 Å². The quantitative estimate of drug-likeness (QED) is 0.683. The maximum absolute atomic E-state index is 12.5. The molecule has 0 spiro atoms. The molecular formula is C21H29N5O4S. The summed E-state index contributed by atoms with van der Waals surface area (Å²) in [5, 5.41) is 10.8. The Balaban J connectivity index is 1.30. The Kier molecular flexibility index (Phi) is 6.25. The number of rotatable bonds is 6. The van der Waals surface area contributed by atoms with Crippen molar-refractivity contribution in [2.45, 2.75) is 31.4 Å². The van der Waals surface area contributed by atoms with E-state index in [-0.39, 0.29) is 12.1 Å². The maximum atomic E-state index is 12.5. The van der Waals surface area contributed by atoms with Crippen molar-refractivity contribution in [1.29, 1.82) is 0 Å². The zero-order valence-electron chi connectivity index (χ0n) is 17.7. The summed E-state index contributed by atoms with van der Waals surface area (Å²) in [6.45, 7) is 3.28. The maximum Gasteiger partial charge on any atom is 0.253 e. The van der Waals surface area contributed by atoms with Gasteiger partial charge in [0, 0.05) is 50.2 Å². The van der Waals surface area contributed by atoms with E-state index >= 15 is 0 Å². The molecular weight excluding hydrogens is 418 g/mol. The number of β-amino-alcohol motifs (C(OH)–C–C–N with tert-alkyl or cyclic N) is 1. The Morgan fingerprint density at radius 3 is 2.65 bits per heavy atom. The molecule has 1 atom stereocenters. The lowest BCUT2D eigenvalue weighted by Crippen LogP contribution is -2.48. The summed E-state index contributed by atoms with van der Waals surface area (Å²) in [5.74, 6) is 0.366. The first-order chi connectivity index (χ1) is 14.7. The molecule has 4 heterocycles. The van der Waals surface area contributed by atoms with Crippen LogP contribution in [0, 0.1) is 5.92 Å². The van der Waals surface area contributed by atoms with Gasteiger partial charge in [0.2, 0.25) is 10.0 Å². The lowest BCUT2D eigenvalue weighted by molar-refractivity contribution is 0.00601. The van der Waals surface area contributed by atoms with Crippen molar-refractivity contribution in [3.05, 3.63) is 47.3 Å². The van der Waals surface area contributed by atoms with Crippen molar-refractivity contribution in [2.24, 2.45) is 5.92 Å². The minimum absolute atomic E-state index is 0.0718. The van der Waals surface area contributed by atoms with E-state index in [4.69, 9.17) is 0 Å². The van der Waals surface area contributed by atoms with Crippen LogP contribution in [0.2, 0.25) is 0 Å². The van der Waals surface area contributed by atoms with Crippen molar-refractivity contribution >= 4 is 10.0 Å². The lowest BCUT2D eigenvalue weighted by atomic mass is 9.94. The van der Waals surface area contributed by atoms with Gasteiger partial charge in [0.15, 0.2) is 0 Å². The highest BCUT2D eigenvalue weighted by molar-refractivity contribution is 7.88. The Morgan fingerprint density at radius 2 is 2.03 bits per heavy atom. The number of sulfonamides is 1. The number of piperidine rings is 1. The number of hydrogen-bond donors (Lipinski definition) is 1. The standard InChI is InChI=1S/C21H29N5O4S/c1-31(29,30)26-10-6-21(28,15-26)14-24-8-4-17(5-9-24)13-25-16-23-19(11-20(25)27)18-3-2-7-22-12-18/h2-3,7,11-12,16-17,28H,4-6,8-10,13-15H2,1H3. The third-order valence-electron chi connectivity index (χ3n) is 6.28. The van der Waals surface area contributed by atoms with Gasteiger partial charge >= 0.3 is 0 Å². The number of aliphatic hydroxyl groups is 1. The zero-order valence-corrected chi connectivity index (χ0v) is 18.5. The van der Waals surface area contributed by atoms with E-state index in [1.807, 2.05) is 12.1 Å². The summed E-state index contributed by atoms with van der Waals surface area (Å²) < 4.78 is 26.5. The van der Waals surface area contributed by atoms with E-state index in [0.717, 1.165) is 31.5 Å². The fraction of sp³-hybridized carbons (Fsp3) is 0.571. The van der Waals surface area contributed by atoms with Gasteiger partial charge in [-0.1, -0.05) is 0 Å². The first-order valence-electron chi connectivity index (χ1n) is 10.6. The van der Waals surface area contributed by atoms with Crippen LogP contribution in [-0.4, -0.2) is 81.8 Å². The zero-order chi connectivity index (χ0) is 22.1. The van der Waals surface area contributed by atoms with E-state index in [2.05, 4.69) is 14.9 Å². The van der Waals surface area contributed by atoms with Gasteiger partial charge in [0.25, 0.3) is 5.56 Å². The van der Waals surface area contributed by atoms with E-state index < -0.39 is 15.6 Å². The molecule has 0 aliphatic carbocycles. The molecule has 1 unspecified atom stereocenters. The largest absolute Gasteiger partial charge is 0.387 e. The first kappa shape index (κ1) is 22.1. The molecule has 2 saturated heterocycles. The van der Waals surface area contributed by atoms with Crippen LogP contribution < -0.4 is 5.56 Å². The summed E-state index contributed by atoms with van der Waals surface area (Å²) in [5.41, 5.74) is 0.382. The molecule has 0 bridgehead atoms. The van der Waals surface area contributed by atoms with Gasteiger partial charge in [-0.25, -0.2) is 13.4 Å². The Morgan fingerprint density at radius 1 is 1.26 bits per heavy atom. The third-order valence-corrected chi connectivity index (χ3v) is 7.53. The fourth-order valence-electron chi connectivity index (χ4n) is 4.49. The molecule has 2 fully saturated rings. The SMILES string of the molecule is CS(=O)(=O)N1CCC(O)(CN2CCC(Cn3cnc(-c4cccnc4)cc3=O)CC2)C1. The summed E-state index contributed by atoms with van der Waals surface area (Å²) in [7, 11) is -3.27. The average Bonchev–Trinajstić information content (AvgIpc) is 3.14. The summed E-state index contributed by atoms with van der Waals surface area (Å²) in [6, 6.07) is 5.24. The molecule has 31 heavy (non-hydrogen) atoms. The molecule has 0 amide bonds. The normalized spacial score (nSPS) is 23.9. The van der Waals surface area contributed by atoms with Gasteiger partial charge in [0.1, 0.15) is 0 Å². The second kappa shape index (κ2) is 8.78. The predicted octanol–water partition coefficient (Wildman–Crippen LogP) is 0.414. The number of nitrogens with zero attached hydrogens (tertiary/aromatic N) is 5. The minimum atomic E-state index is -3.27. The van der Waals surface area contributed by atoms with Gasteiger partial charge in [0.05, 0.1) is 23.9 Å². The second-order valence-electron chi connectivity index (χ2n) is 8.80. The molecule has 0 saturated carbocycles. The van der Waals surface area contributed by atoms with Crippen LogP contribution in [0.5, 0.6) is 0 Å². The molecule has 2 aromatic rings. The minimum Gasteiger partial charge on any atom is -0.387 e. The van der Waals surface area contributed by atoms with Crippen LogP contribution in [0.25, 0.3) is 11.3 Å².